The van der Waals surface area contributed by atoms with Gasteiger partial charge in [-0.05, 0) is 41.0 Å². The summed E-state index contributed by atoms with van der Waals surface area (Å²) in [5, 5.41) is 1.04. The van der Waals surface area contributed by atoms with Gasteiger partial charge in [0.25, 0.3) is 0 Å². The number of nitrogens with zero attached hydrogens (tertiary/aromatic N) is 3. The van der Waals surface area contributed by atoms with E-state index >= 15 is 0 Å². The number of halogens is 1. The van der Waals surface area contributed by atoms with Gasteiger partial charge in [0.2, 0.25) is 0 Å². The second-order valence-electron chi connectivity index (χ2n) is 6.94. The van der Waals surface area contributed by atoms with Gasteiger partial charge in [0.1, 0.15) is 5.82 Å². The number of pyridine rings is 2. The van der Waals surface area contributed by atoms with Gasteiger partial charge in [0.15, 0.2) is 0 Å². The van der Waals surface area contributed by atoms with Crippen LogP contribution in [-0.2, 0) is 19.6 Å². The lowest BCUT2D eigenvalue weighted by Crippen LogP contribution is -2.16. The molecule has 5 rings (SSSR count). The molecule has 0 unspecified atom stereocenters. The number of rotatable bonds is 3. The van der Waals surface area contributed by atoms with Crippen molar-refractivity contribution in [3.63, 3.8) is 0 Å². The predicted octanol–water partition coefficient (Wildman–Crippen LogP) is 4.95. The summed E-state index contributed by atoms with van der Waals surface area (Å²) in [6.07, 6.45) is 3.59. The van der Waals surface area contributed by atoms with Crippen molar-refractivity contribution < 1.29 is 4.39 Å². The van der Waals surface area contributed by atoms with Gasteiger partial charge < -0.3 is 0 Å². The standard InChI is InChI=1S/C23H18FN3/c24-21-12-16(19-5-1-7-22-20(19)6-3-11-25-22)8-9-17(21)13-27-14-18-4-2-10-26-23(18)15-27/h1-12H,13-15H2. The fourth-order valence-electron chi connectivity index (χ4n) is 3.82. The molecule has 4 heteroatoms. The van der Waals surface area contributed by atoms with Crippen LogP contribution in [0, 0.1) is 5.82 Å². The number of hydrogen-bond acceptors (Lipinski definition) is 3. The topological polar surface area (TPSA) is 29.0 Å². The van der Waals surface area contributed by atoms with Gasteiger partial charge >= 0.3 is 0 Å². The van der Waals surface area contributed by atoms with Crippen LogP contribution in [0.2, 0.25) is 0 Å². The summed E-state index contributed by atoms with van der Waals surface area (Å²) in [5.74, 6) is -0.169. The molecule has 3 nitrogen and oxygen atoms in total. The number of aromatic nitrogens is 2. The van der Waals surface area contributed by atoms with E-state index in [1.54, 1.807) is 12.3 Å². The molecule has 27 heavy (non-hydrogen) atoms. The van der Waals surface area contributed by atoms with Crippen LogP contribution in [0.3, 0.4) is 0 Å². The first-order valence-electron chi connectivity index (χ1n) is 9.05. The highest BCUT2D eigenvalue weighted by Gasteiger charge is 2.20. The van der Waals surface area contributed by atoms with Gasteiger partial charge in [-0.1, -0.05) is 36.4 Å². The van der Waals surface area contributed by atoms with E-state index in [-0.39, 0.29) is 5.82 Å². The van der Waals surface area contributed by atoms with Crippen molar-refractivity contribution in [1.82, 2.24) is 14.9 Å². The quantitative estimate of drug-likeness (QED) is 0.521. The Balaban J connectivity index is 1.43. The second kappa shape index (κ2) is 6.56. The highest BCUT2D eigenvalue weighted by molar-refractivity contribution is 5.94. The Morgan fingerprint density at radius 1 is 0.889 bits per heavy atom. The maximum absolute atomic E-state index is 14.9. The first kappa shape index (κ1) is 16.1. The molecule has 0 bridgehead atoms. The van der Waals surface area contributed by atoms with Gasteiger partial charge in [0.05, 0.1) is 11.2 Å². The van der Waals surface area contributed by atoms with Crippen molar-refractivity contribution in [3.05, 3.63) is 95.7 Å². The van der Waals surface area contributed by atoms with Gasteiger partial charge in [-0.15, -0.1) is 0 Å². The van der Waals surface area contributed by atoms with E-state index in [1.807, 2.05) is 54.7 Å². The normalized spacial score (nSPS) is 13.8. The average molecular weight is 355 g/mol. The van der Waals surface area contributed by atoms with Gasteiger partial charge in [0, 0.05) is 43.0 Å². The van der Waals surface area contributed by atoms with Gasteiger partial charge in [-0.25, -0.2) is 4.39 Å². The van der Waals surface area contributed by atoms with Crippen molar-refractivity contribution in [2.45, 2.75) is 19.6 Å². The second-order valence-corrected chi connectivity index (χ2v) is 6.94. The molecule has 2 aromatic carbocycles. The highest BCUT2D eigenvalue weighted by atomic mass is 19.1. The van der Waals surface area contributed by atoms with E-state index in [1.165, 1.54) is 5.56 Å². The van der Waals surface area contributed by atoms with Crippen LogP contribution in [0.4, 0.5) is 4.39 Å². The van der Waals surface area contributed by atoms with Crippen molar-refractivity contribution in [3.8, 4) is 11.1 Å². The molecule has 1 aliphatic heterocycles. The molecule has 0 saturated heterocycles. The van der Waals surface area contributed by atoms with Crippen molar-refractivity contribution in [1.29, 1.82) is 0 Å². The average Bonchev–Trinajstić information content (AvgIpc) is 3.11. The third-order valence-electron chi connectivity index (χ3n) is 5.16. The largest absolute Gasteiger partial charge is 0.289 e. The Kier molecular flexibility index (Phi) is 3.91. The summed E-state index contributed by atoms with van der Waals surface area (Å²) >= 11 is 0. The van der Waals surface area contributed by atoms with E-state index in [4.69, 9.17) is 0 Å². The van der Waals surface area contributed by atoms with E-state index in [0.717, 1.165) is 40.8 Å². The monoisotopic (exact) mass is 355 g/mol. The zero-order valence-corrected chi connectivity index (χ0v) is 14.8. The molecule has 132 valence electrons. The van der Waals surface area contributed by atoms with E-state index in [2.05, 4.69) is 20.9 Å². The molecule has 0 atom stereocenters. The molecular weight excluding hydrogens is 337 g/mol. The molecular formula is C23H18FN3. The molecule has 3 heterocycles. The molecule has 0 spiro atoms. The fraction of sp³-hybridized carbons (Fsp3) is 0.130. The molecule has 0 radical (unpaired) electrons. The first-order chi connectivity index (χ1) is 13.3. The zero-order valence-electron chi connectivity index (χ0n) is 14.8. The molecule has 0 aliphatic carbocycles. The lowest BCUT2D eigenvalue weighted by atomic mass is 9.99. The third kappa shape index (κ3) is 2.98. The minimum Gasteiger partial charge on any atom is -0.289 e. The maximum Gasteiger partial charge on any atom is 0.128 e. The summed E-state index contributed by atoms with van der Waals surface area (Å²) in [4.78, 5) is 11.0. The van der Waals surface area contributed by atoms with Crippen molar-refractivity contribution in [2.24, 2.45) is 0 Å². The number of fused-ring (bicyclic) bond motifs is 2. The summed E-state index contributed by atoms with van der Waals surface area (Å²) < 4.78 is 14.9. The molecule has 0 saturated carbocycles. The van der Waals surface area contributed by atoms with Crippen LogP contribution in [0.15, 0.2) is 73.1 Å². The zero-order chi connectivity index (χ0) is 18.2. The van der Waals surface area contributed by atoms with Crippen molar-refractivity contribution >= 4 is 10.9 Å². The van der Waals surface area contributed by atoms with Crippen LogP contribution in [0.1, 0.15) is 16.8 Å². The molecule has 2 aromatic heterocycles. The highest BCUT2D eigenvalue weighted by Crippen LogP contribution is 2.30. The van der Waals surface area contributed by atoms with Gasteiger partial charge in [-0.2, -0.15) is 0 Å². The Morgan fingerprint density at radius 2 is 1.78 bits per heavy atom. The van der Waals surface area contributed by atoms with Gasteiger partial charge in [-0.3, -0.25) is 14.9 Å². The Morgan fingerprint density at radius 3 is 2.67 bits per heavy atom. The Bertz CT molecular complexity index is 1110. The Labute approximate surface area is 157 Å². The first-order valence-corrected chi connectivity index (χ1v) is 9.05. The van der Waals surface area contributed by atoms with Crippen LogP contribution >= 0.6 is 0 Å². The maximum atomic E-state index is 14.9. The minimum atomic E-state index is -0.169. The molecule has 0 amide bonds. The molecule has 4 aromatic rings. The van der Waals surface area contributed by atoms with Crippen LogP contribution in [0.5, 0.6) is 0 Å². The summed E-state index contributed by atoms with van der Waals surface area (Å²) in [5.41, 5.74) is 5.84. The van der Waals surface area contributed by atoms with Crippen molar-refractivity contribution in [2.75, 3.05) is 0 Å². The fourth-order valence-corrected chi connectivity index (χ4v) is 3.82. The summed E-state index contributed by atoms with van der Waals surface area (Å²) in [6, 6.07) is 19.5. The van der Waals surface area contributed by atoms with E-state index < -0.39 is 0 Å². The number of hydrogen-bond donors (Lipinski definition) is 0. The van der Waals surface area contributed by atoms with E-state index in [9.17, 15) is 4.39 Å². The molecule has 0 fully saturated rings. The lowest BCUT2D eigenvalue weighted by Gasteiger charge is -2.16. The lowest BCUT2D eigenvalue weighted by molar-refractivity contribution is 0.270. The SMILES string of the molecule is Fc1cc(-c2cccc3ncccc23)ccc1CN1Cc2cccnc2C1. The summed E-state index contributed by atoms with van der Waals surface area (Å²) in [7, 11) is 0. The van der Waals surface area contributed by atoms with E-state index in [0.29, 0.717) is 12.1 Å². The predicted molar refractivity (Wildman–Crippen MR) is 104 cm³/mol. The summed E-state index contributed by atoms with van der Waals surface area (Å²) in [6.45, 7) is 2.17. The Hall–Kier alpha value is -3.11. The molecule has 0 N–H and O–H groups in total. The third-order valence-corrected chi connectivity index (χ3v) is 5.16. The van der Waals surface area contributed by atoms with Crippen LogP contribution in [-0.4, -0.2) is 14.9 Å². The van der Waals surface area contributed by atoms with Crippen LogP contribution in [0.25, 0.3) is 22.0 Å². The smallest absolute Gasteiger partial charge is 0.128 e. The van der Waals surface area contributed by atoms with Crippen LogP contribution < -0.4 is 0 Å². The number of benzene rings is 2. The minimum absolute atomic E-state index is 0.169. The molecule has 1 aliphatic rings.